The highest BCUT2D eigenvalue weighted by Gasteiger charge is 2.39. The van der Waals surface area contributed by atoms with Crippen LogP contribution in [0.4, 0.5) is 0 Å². The van der Waals surface area contributed by atoms with Crippen LogP contribution in [0, 0.1) is 0 Å². The number of fused-ring (bicyclic) bond motifs is 1. The fraction of sp³-hybridized carbons (Fsp3) is 0.647. The Kier molecular flexibility index (Phi) is 3.53. The summed E-state index contributed by atoms with van der Waals surface area (Å²) in [5.74, 6) is 1.08. The third kappa shape index (κ3) is 2.06. The van der Waals surface area contributed by atoms with Crippen molar-refractivity contribution in [3.63, 3.8) is 0 Å². The van der Waals surface area contributed by atoms with E-state index in [2.05, 4.69) is 12.1 Å². The van der Waals surface area contributed by atoms with Crippen LogP contribution >= 0.6 is 0 Å². The highest BCUT2D eigenvalue weighted by molar-refractivity contribution is 5.51. The van der Waals surface area contributed by atoms with Gasteiger partial charge in [0.1, 0.15) is 5.75 Å². The molecular formula is C17H25NO. The molecule has 0 unspecified atom stereocenters. The summed E-state index contributed by atoms with van der Waals surface area (Å²) in [5, 5.41) is 0. The minimum Gasteiger partial charge on any atom is -0.496 e. The summed E-state index contributed by atoms with van der Waals surface area (Å²) in [7, 11) is 1.80. The maximum Gasteiger partial charge on any atom is 0.122 e. The van der Waals surface area contributed by atoms with Gasteiger partial charge in [-0.15, -0.1) is 0 Å². The molecule has 0 amide bonds. The minimum absolute atomic E-state index is 0.189. The van der Waals surface area contributed by atoms with Gasteiger partial charge in [0.25, 0.3) is 0 Å². The van der Waals surface area contributed by atoms with Gasteiger partial charge in [0.2, 0.25) is 0 Å². The van der Waals surface area contributed by atoms with Gasteiger partial charge in [0.05, 0.1) is 7.11 Å². The molecule has 2 heteroatoms. The van der Waals surface area contributed by atoms with Crippen molar-refractivity contribution < 1.29 is 4.74 Å². The van der Waals surface area contributed by atoms with Crippen molar-refractivity contribution in [3.05, 3.63) is 28.8 Å². The van der Waals surface area contributed by atoms with Crippen LogP contribution in [0.1, 0.15) is 55.2 Å². The first-order chi connectivity index (χ1) is 9.30. The number of aryl methyl sites for hydroxylation is 1. The normalized spacial score (nSPS) is 21.2. The molecule has 0 aliphatic heterocycles. The second kappa shape index (κ2) is 5.16. The van der Waals surface area contributed by atoms with E-state index < -0.39 is 0 Å². The highest BCUT2D eigenvalue weighted by atomic mass is 16.5. The van der Waals surface area contributed by atoms with Gasteiger partial charge in [0.15, 0.2) is 0 Å². The van der Waals surface area contributed by atoms with Crippen LogP contribution < -0.4 is 10.5 Å². The number of rotatable bonds is 3. The smallest absolute Gasteiger partial charge is 0.122 e. The molecule has 2 aliphatic carbocycles. The van der Waals surface area contributed by atoms with Gasteiger partial charge in [-0.25, -0.2) is 0 Å². The van der Waals surface area contributed by atoms with Gasteiger partial charge in [-0.1, -0.05) is 18.9 Å². The summed E-state index contributed by atoms with van der Waals surface area (Å²) < 4.78 is 5.70. The molecule has 0 aromatic heterocycles. The molecule has 0 heterocycles. The van der Waals surface area contributed by atoms with Crippen LogP contribution in [-0.4, -0.2) is 13.7 Å². The van der Waals surface area contributed by atoms with Crippen molar-refractivity contribution in [2.75, 3.05) is 13.7 Å². The van der Waals surface area contributed by atoms with Gasteiger partial charge < -0.3 is 10.5 Å². The van der Waals surface area contributed by atoms with Gasteiger partial charge in [-0.2, -0.15) is 0 Å². The monoisotopic (exact) mass is 259 g/mol. The van der Waals surface area contributed by atoms with Gasteiger partial charge in [0, 0.05) is 17.5 Å². The summed E-state index contributed by atoms with van der Waals surface area (Å²) in [6.07, 6.45) is 10.2. The van der Waals surface area contributed by atoms with Crippen molar-refractivity contribution >= 4 is 0 Å². The van der Waals surface area contributed by atoms with Crippen LogP contribution in [0.3, 0.4) is 0 Å². The van der Waals surface area contributed by atoms with Crippen LogP contribution in [0.15, 0.2) is 12.1 Å². The van der Waals surface area contributed by atoms with E-state index in [4.69, 9.17) is 10.5 Å². The molecule has 0 bridgehead atoms. The number of nitrogens with two attached hydrogens (primary N) is 1. The Bertz CT molecular complexity index is 461. The number of benzene rings is 1. The van der Waals surface area contributed by atoms with Crippen molar-refractivity contribution in [2.45, 2.75) is 56.8 Å². The van der Waals surface area contributed by atoms with E-state index in [1.807, 2.05) is 0 Å². The Morgan fingerprint density at radius 3 is 2.53 bits per heavy atom. The summed E-state index contributed by atoms with van der Waals surface area (Å²) in [6, 6.07) is 4.45. The van der Waals surface area contributed by atoms with Crippen LogP contribution in [0.25, 0.3) is 0 Å². The van der Waals surface area contributed by atoms with Crippen LogP contribution in [-0.2, 0) is 18.3 Å². The SMILES string of the molecule is COc1ccc2c(c1C1(CN)CCCC1)CCCC2. The molecular weight excluding hydrogens is 234 g/mol. The molecule has 0 atom stereocenters. The maximum atomic E-state index is 6.20. The van der Waals surface area contributed by atoms with E-state index in [1.165, 1.54) is 56.9 Å². The molecule has 2 nitrogen and oxygen atoms in total. The Morgan fingerprint density at radius 1 is 1.11 bits per heavy atom. The lowest BCUT2D eigenvalue weighted by molar-refractivity contribution is 0.373. The Morgan fingerprint density at radius 2 is 1.84 bits per heavy atom. The van der Waals surface area contributed by atoms with E-state index in [0.717, 1.165) is 12.3 Å². The van der Waals surface area contributed by atoms with Gasteiger partial charge in [-0.05, 0) is 55.7 Å². The van der Waals surface area contributed by atoms with E-state index in [1.54, 1.807) is 18.2 Å². The molecule has 0 spiro atoms. The second-order valence-corrected chi connectivity index (χ2v) is 6.18. The Labute approximate surface area is 116 Å². The van der Waals surface area contributed by atoms with Crippen molar-refractivity contribution in [1.82, 2.24) is 0 Å². The lowest BCUT2D eigenvalue weighted by Crippen LogP contribution is -2.34. The van der Waals surface area contributed by atoms with E-state index >= 15 is 0 Å². The third-order valence-corrected chi connectivity index (χ3v) is 5.20. The largest absolute Gasteiger partial charge is 0.496 e. The van der Waals surface area contributed by atoms with Gasteiger partial charge in [-0.3, -0.25) is 0 Å². The molecule has 2 aliphatic rings. The Balaban J connectivity index is 2.16. The predicted octanol–water partition coefficient (Wildman–Crippen LogP) is 3.34. The summed E-state index contributed by atoms with van der Waals surface area (Å²) >= 11 is 0. The molecule has 0 saturated heterocycles. The molecule has 104 valence electrons. The third-order valence-electron chi connectivity index (χ3n) is 5.20. The first-order valence-electron chi connectivity index (χ1n) is 7.70. The molecule has 0 radical (unpaired) electrons. The lowest BCUT2D eigenvalue weighted by atomic mass is 9.72. The molecule has 1 saturated carbocycles. The number of ether oxygens (including phenoxy) is 1. The van der Waals surface area contributed by atoms with E-state index in [0.29, 0.717) is 0 Å². The molecule has 1 fully saturated rings. The predicted molar refractivity (Wildman–Crippen MR) is 78.8 cm³/mol. The molecule has 19 heavy (non-hydrogen) atoms. The first-order valence-corrected chi connectivity index (χ1v) is 7.70. The molecule has 1 aromatic carbocycles. The quantitative estimate of drug-likeness (QED) is 0.903. The standard InChI is InChI=1S/C17H25NO/c1-19-15-9-8-13-6-2-3-7-14(13)16(15)17(12-18)10-4-5-11-17/h8-9H,2-7,10-12,18H2,1H3. The zero-order chi connectivity index (χ0) is 13.3. The topological polar surface area (TPSA) is 35.2 Å². The van der Waals surface area contributed by atoms with E-state index in [-0.39, 0.29) is 5.41 Å². The fourth-order valence-electron chi connectivity index (χ4n) is 4.17. The minimum atomic E-state index is 0.189. The van der Waals surface area contributed by atoms with E-state index in [9.17, 15) is 0 Å². The zero-order valence-electron chi connectivity index (χ0n) is 12.0. The number of hydrogen-bond acceptors (Lipinski definition) is 2. The lowest BCUT2D eigenvalue weighted by Gasteiger charge is -2.34. The molecule has 3 rings (SSSR count). The van der Waals surface area contributed by atoms with Crippen LogP contribution in [0.2, 0.25) is 0 Å². The summed E-state index contributed by atoms with van der Waals surface area (Å²) in [6.45, 7) is 0.764. The molecule has 1 aromatic rings. The first kappa shape index (κ1) is 13.0. The summed E-state index contributed by atoms with van der Waals surface area (Å²) in [5.41, 5.74) is 11.0. The van der Waals surface area contributed by atoms with Crippen molar-refractivity contribution in [2.24, 2.45) is 5.73 Å². The maximum absolute atomic E-state index is 6.20. The summed E-state index contributed by atoms with van der Waals surface area (Å²) in [4.78, 5) is 0. The van der Waals surface area contributed by atoms with Crippen molar-refractivity contribution in [1.29, 1.82) is 0 Å². The van der Waals surface area contributed by atoms with Gasteiger partial charge >= 0.3 is 0 Å². The second-order valence-electron chi connectivity index (χ2n) is 6.18. The number of hydrogen-bond donors (Lipinski definition) is 1. The average molecular weight is 259 g/mol. The fourth-order valence-corrected chi connectivity index (χ4v) is 4.17. The molecule has 2 N–H and O–H groups in total. The van der Waals surface area contributed by atoms with Crippen LogP contribution in [0.5, 0.6) is 5.75 Å². The Hall–Kier alpha value is -1.02. The zero-order valence-corrected chi connectivity index (χ0v) is 12.0. The average Bonchev–Trinajstić information content (AvgIpc) is 2.95. The highest BCUT2D eigenvalue weighted by Crippen LogP contribution is 2.47. The van der Waals surface area contributed by atoms with Crippen molar-refractivity contribution in [3.8, 4) is 5.75 Å². The number of methoxy groups -OCH3 is 1.